The fourth-order valence-corrected chi connectivity index (χ4v) is 2.91. The Balaban J connectivity index is 3.09. The number of unbranched alkanes of at least 4 members (excludes halogenated alkanes) is 13. The van der Waals surface area contributed by atoms with Crippen LogP contribution in [-0.4, -0.2) is 6.61 Å². The predicted molar refractivity (Wildman–Crippen MR) is 105 cm³/mol. The highest BCUT2D eigenvalue weighted by atomic mass is 35.5. The zero-order valence-corrected chi connectivity index (χ0v) is 16.4. The average molecular weight is 343 g/mol. The van der Waals surface area contributed by atoms with Gasteiger partial charge in [0, 0.05) is 5.54 Å². The van der Waals surface area contributed by atoms with Gasteiger partial charge in [0.05, 0.1) is 12.9 Å². The maximum absolute atomic E-state index is 5.50. The summed E-state index contributed by atoms with van der Waals surface area (Å²) in [7, 11) is 0. The molecule has 0 saturated heterocycles. The first-order valence-electron chi connectivity index (χ1n) is 9.86. The van der Waals surface area contributed by atoms with Gasteiger partial charge in [0.2, 0.25) is 0 Å². The maximum Gasteiger partial charge on any atom is 0.0873 e. The molecular formula is C21H39ClO. The first-order chi connectivity index (χ1) is 11.3. The lowest BCUT2D eigenvalue weighted by Gasteiger charge is -2.04. The molecule has 0 radical (unpaired) electrons. The van der Waals surface area contributed by atoms with Crippen molar-refractivity contribution in [3.05, 3.63) is 23.4 Å². The summed E-state index contributed by atoms with van der Waals surface area (Å²) >= 11 is 5.50. The largest absolute Gasteiger partial charge is 0.501 e. The van der Waals surface area contributed by atoms with Crippen molar-refractivity contribution in [1.82, 2.24) is 0 Å². The Morgan fingerprint density at radius 1 is 0.739 bits per heavy atom. The van der Waals surface area contributed by atoms with Gasteiger partial charge in [-0.1, -0.05) is 102 Å². The Morgan fingerprint density at radius 3 is 1.61 bits per heavy atom. The summed E-state index contributed by atoms with van der Waals surface area (Å²) in [5.74, 6) is 0. The van der Waals surface area contributed by atoms with Gasteiger partial charge < -0.3 is 4.74 Å². The molecule has 0 aliphatic heterocycles. The van der Waals surface area contributed by atoms with E-state index in [9.17, 15) is 0 Å². The maximum atomic E-state index is 5.50. The molecule has 0 fully saturated rings. The molecule has 0 saturated carbocycles. The summed E-state index contributed by atoms with van der Waals surface area (Å²) in [6, 6.07) is 0. The third-order valence-electron chi connectivity index (χ3n) is 4.21. The zero-order chi connectivity index (χ0) is 17.0. The second-order valence-electron chi connectivity index (χ2n) is 6.62. The summed E-state index contributed by atoms with van der Waals surface area (Å²) in [5, 5.41) is 0. The molecule has 0 N–H and O–H groups in total. The van der Waals surface area contributed by atoms with Gasteiger partial charge in [-0.25, -0.2) is 0 Å². The molecule has 0 rings (SSSR count). The number of rotatable bonds is 17. The highest BCUT2D eigenvalue weighted by Gasteiger charge is 1.94. The highest BCUT2D eigenvalue weighted by molar-refractivity contribution is 6.25. The topological polar surface area (TPSA) is 9.23 Å². The average Bonchev–Trinajstić information content (AvgIpc) is 2.54. The minimum absolute atomic E-state index is 0.825. The molecular weight excluding hydrogens is 304 g/mol. The fraction of sp³-hybridized carbons (Fsp3) is 0.810. The van der Waals surface area contributed by atoms with E-state index in [0.29, 0.717) is 0 Å². The molecule has 1 nitrogen and oxygen atoms in total. The van der Waals surface area contributed by atoms with Crippen molar-refractivity contribution in [1.29, 1.82) is 0 Å². The Bertz CT molecular complexity index is 284. The van der Waals surface area contributed by atoms with Gasteiger partial charge in [0.1, 0.15) is 0 Å². The third-order valence-corrected chi connectivity index (χ3v) is 4.34. The van der Waals surface area contributed by atoms with Gasteiger partial charge in [-0.2, -0.15) is 0 Å². The van der Waals surface area contributed by atoms with Gasteiger partial charge in [0.25, 0.3) is 0 Å². The van der Waals surface area contributed by atoms with Crippen molar-refractivity contribution in [3.63, 3.8) is 0 Å². The van der Waals surface area contributed by atoms with Gasteiger partial charge in [-0.05, 0) is 25.0 Å². The molecule has 0 bridgehead atoms. The van der Waals surface area contributed by atoms with Crippen LogP contribution in [0.15, 0.2) is 23.4 Å². The molecule has 0 spiro atoms. The normalized spacial score (nSPS) is 12.2. The molecule has 0 heterocycles. The van der Waals surface area contributed by atoms with E-state index in [1.807, 2.05) is 13.0 Å². The van der Waals surface area contributed by atoms with E-state index in [0.717, 1.165) is 18.6 Å². The predicted octanol–water partition coefficient (Wildman–Crippen LogP) is 8.14. The van der Waals surface area contributed by atoms with Gasteiger partial charge in [0.15, 0.2) is 0 Å². The van der Waals surface area contributed by atoms with Crippen molar-refractivity contribution in [2.75, 3.05) is 6.61 Å². The van der Waals surface area contributed by atoms with E-state index in [1.54, 1.807) is 6.26 Å². The highest BCUT2D eigenvalue weighted by Crippen LogP contribution is 2.13. The van der Waals surface area contributed by atoms with Gasteiger partial charge in [-0.3, -0.25) is 0 Å². The zero-order valence-electron chi connectivity index (χ0n) is 15.6. The van der Waals surface area contributed by atoms with Crippen LogP contribution in [0.5, 0.6) is 0 Å². The Labute approximate surface area is 150 Å². The number of halogens is 1. The quantitative estimate of drug-likeness (QED) is 0.147. The van der Waals surface area contributed by atoms with Gasteiger partial charge in [-0.15, -0.1) is 0 Å². The lowest BCUT2D eigenvalue weighted by atomic mass is 10.0. The Hall–Kier alpha value is -0.430. The molecule has 136 valence electrons. The second-order valence-corrected chi connectivity index (χ2v) is 6.87. The van der Waals surface area contributed by atoms with Crippen molar-refractivity contribution in [2.24, 2.45) is 0 Å². The van der Waals surface area contributed by atoms with Crippen LogP contribution in [0.1, 0.15) is 104 Å². The van der Waals surface area contributed by atoms with Gasteiger partial charge >= 0.3 is 0 Å². The Morgan fingerprint density at radius 2 is 1.17 bits per heavy atom. The van der Waals surface area contributed by atoms with E-state index >= 15 is 0 Å². The molecule has 0 aromatic rings. The van der Waals surface area contributed by atoms with Crippen LogP contribution in [0.25, 0.3) is 0 Å². The number of hydrogen-bond acceptors (Lipinski definition) is 1. The monoisotopic (exact) mass is 342 g/mol. The van der Waals surface area contributed by atoms with Crippen LogP contribution < -0.4 is 0 Å². The first kappa shape index (κ1) is 22.6. The van der Waals surface area contributed by atoms with Crippen LogP contribution in [0.3, 0.4) is 0 Å². The van der Waals surface area contributed by atoms with Crippen molar-refractivity contribution in [2.45, 2.75) is 104 Å². The minimum Gasteiger partial charge on any atom is -0.501 e. The molecule has 0 aromatic heterocycles. The van der Waals surface area contributed by atoms with Crippen molar-refractivity contribution in [3.8, 4) is 0 Å². The summed E-state index contributed by atoms with van der Waals surface area (Å²) in [5.41, 5.74) is 2.58. The lowest BCUT2D eigenvalue weighted by molar-refractivity contribution is 0.238. The first-order valence-corrected chi connectivity index (χ1v) is 10.3. The molecule has 0 aliphatic carbocycles. The van der Waals surface area contributed by atoms with Crippen LogP contribution in [-0.2, 0) is 4.74 Å². The van der Waals surface area contributed by atoms with E-state index in [4.69, 9.17) is 16.3 Å². The summed E-state index contributed by atoms with van der Waals surface area (Å²) in [6.45, 7) is 5.10. The van der Waals surface area contributed by atoms with Crippen molar-refractivity contribution < 1.29 is 4.74 Å². The minimum atomic E-state index is 0.825. The molecule has 0 aromatic carbocycles. The van der Waals surface area contributed by atoms with Crippen LogP contribution in [0, 0.1) is 0 Å². The Kier molecular flexibility index (Phi) is 19.2. The number of allylic oxidation sites excluding steroid dienone is 2. The molecule has 0 unspecified atom stereocenters. The SMILES string of the molecule is CCCCCCCCCCCCCCCCOC=C(C)C=CCl. The standard InChI is InChI=1S/C21H39ClO/c1-3-4-5-6-7-8-9-10-11-12-13-14-15-16-19-23-20-21(2)17-18-22/h17-18,20H,3-16,19H2,1-2H3. The fourth-order valence-electron chi connectivity index (χ4n) is 2.71. The summed E-state index contributed by atoms with van der Waals surface area (Å²) in [4.78, 5) is 0. The van der Waals surface area contributed by atoms with Crippen LogP contribution in [0.2, 0.25) is 0 Å². The molecule has 0 aliphatic rings. The lowest BCUT2D eigenvalue weighted by Crippen LogP contribution is -1.89. The third kappa shape index (κ3) is 19.5. The summed E-state index contributed by atoms with van der Waals surface area (Å²) < 4.78 is 5.48. The molecule has 0 atom stereocenters. The number of hydrogen-bond donors (Lipinski definition) is 0. The van der Waals surface area contributed by atoms with E-state index in [-0.39, 0.29) is 0 Å². The number of ether oxygens (including phenoxy) is 1. The van der Waals surface area contributed by atoms with Crippen LogP contribution >= 0.6 is 11.6 Å². The second kappa shape index (κ2) is 19.6. The van der Waals surface area contributed by atoms with E-state index in [2.05, 4.69) is 6.92 Å². The van der Waals surface area contributed by atoms with E-state index in [1.165, 1.54) is 89.0 Å². The molecule has 2 heteroatoms. The smallest absolute Gasteiger partial charge is 0.0873 e. The van der Waals surface area contributed by atoms with E-state index < -0.39 is 0 Å². The summed E-state index contributed by atoms with van der Waals surface area (Å²) in [6.07, 6.45) is 23.1. The molecule has 23 heavy (non-hydrogen) atoms. The molecule has 0 amide bonds. The van der Waals surface area contributed by atoms with Crippen molar-refractivity contribution >= 4 is 11.6 Å². The van der Waals surface area contributed by atoms with Crippen LogP contribution in [0.4, 0.5) is 0 Å².